The van der Waals surface area contributed by atoms with Crippen molar-refractivity contribution in [1.82, 2.24) is 0 Å². The minimum absolute atomic E-state index is 0.630. The summed E-state index contributed by atoms with van der Waals surface area (Å²) in [4.78, 5) is 45.1. The van der Waals surface area contributed by atoms with Crippen LogP contribution in [0, 0.1) is 0 Å². The molecule has 0 aliphatic carbocycles. The molecule has 0 aromatic heterocycles. The Bertz CT molecular complexity index is 487. The first-order chi connectivity index (χ1) is 10.6. The molecule has 2 unspecified atom stereocenters. The lowest BCUT2D eigenvalue weighted by Gasteiger charge is -2.42. The maximum absolute atomic E-state index is 11.4. The SMILES string of the molecule is CC(=O)OC1O[C@@H](C)[C@H](OC(C)=O)C(OC(C)=O)[C@H]1OC(C)=O. The number of hydrogen-bond acceptors (Lipinski definition) is 9. The van der Waals surface area contributed by atoms with E-state index in [0.29, 0.717) is 0 Å². The van der Waals surface area contributed by atoms with E-state index in [-0.39, 0.29) is 0 Å². The van der Waals surface area contributed by atoms with Gasteiger partial charge in [0, 0.05) is 27.7 Å². The molecular formula is C14H20O9. The molecule has 0 N–H and O–H groups in total. The summed E-state index contributed by atoms with van der Waals surface area (Å²) in [6, 6.07) is 0. The van der Waals surface area contributed by atoms with Crippen molar-refractivity contribution in [2.75, 3.05) is 0 Å². The molecule has 23 heavy (non-hydrogen) atoms. The Balaban J connectivity index is 3.15. The van der Waals surface area contributed by atoms with Gasteiger partial charge >= 0.3 is 23.9 Å². The summed E-state index contributed by atoms with van der Waals surface area (Å²) in [5, 5.41) is 0. The molecule has 0 saturated carbocycles. The normalized spacial score (nSPS) is 30.0. The fourth-order valence-electron chi connectivity index (χ4n) is 2.23. The van der Waals surface area contributed by atoms with Gasteiger partial charge in [-0.2, -0.15) is 0 Å². The second kappa shape index (κ2) is 7.91. The van der Waals surface area contributed by atoms with Gasteiger partial charge in [0.1, 0.15) is 0 Å². The van der Waals surface area contributed by atoms with Crippen molar-refractivity contribution in [2.24, 2.45) is 0 Å². The van der Waals surface area contributed by atoms with Crippen LogP contribution >= 0.6 is 0 Å². The molecule has 1 fully saturated rings. The number of carbonyl (C=O) groups excluding carboxylic acids is 4. The minimum Gasteiger partial charge on any atom is -0.456 e. The van der Waals surface area contributed by atoms with Gasteiger partial charge in [0.2, 0.25) is 12.4 Å². The van der Waals surface area contributed by atoms with Crippen LogP contribution in [-0.2, 0) is 42.9 Å². The molecule has 0 bridgehead atoms. The number of ether oxygens (including phenoxy) is 5. The number of esters is 4. The van der Waals surface area contributed by atoms with Gasteiger partial charge in [-0.3, -0.25) is 19.2 Å². The molecule has 0 aromatic rings. The average Bonchev–Trinajstić information content (AvgIpc) is 2.36. The Kier molecular flexibility index (Phi) is 6.49. The topological polar surface area (TPSA) is 114 Å². The Hall–Kier alpha value is -2.16. The Morgan fingerprint density at radius 2 is 1.04 bits per heavy atom. The molecular weight excluding hydrogens is 312 g/mol. The molecule has 1 heterocycles. The monoisotopic (exact) mass is 332 g/mol. The van der Waals surface area contributed by atoms with E-state index < -0.39 is 54.6 Å². The molecule has 1 saturated heterocycles. The fourth-order valence-corrected chi connectivity index (χ4v) is 2.23. The summed E-state index contributed by atoms with van der Waals surface area (Å²) in [5.74, 6) is -2.69. The van der Waals surface area contributed by atoms with Crippen LogP contribution in [0.5, 0.6) is 0 Å². The largest absolute Gasteiger partial charge is 0.456 e. The van der Waals surface area contributed by atoms with Crippen molar-refractivity contribution in [3.63, 3.8) is 0 Å². The zero-order valence-corrected chi connectivity index (χ0v) is 13.6. The Morgan fingerprint density at radius 1 is 0.652 bits per heavy atom. The predicted molar refractivity (Wildman–Crippen MR) is 72.8 cm³/mol. The lowest BCUT2D eigenvalue weighted by atomic mass is 9.99. The van der Waals surface area contributed by atoms with Crippen molar-refractivity contribution in [1.29, 1.82) is 0 Å². The quantitative estimate of drug-likeness (QED) is 0.521. The molecule has 9 nitrogen and oxygen atoms in total. The van der Waals surface area contributed by atoms with Crippen LogP contribution in [0.2, 0.25) is 0 Å². The smallest absolute Gasteiger partial charge is 0.305 e. The average molecular weight is 332 g/mol. The van der Waals surface area contributed by atoms with Gasteiger partial charge in [0.05, 0.1) is 6.10 Å². The van der Waals surface area contributed by atoms with E-state index in [1.165, 1.54) is 6.92 Å². The minimum atomic E-state index is -1.29. The van der Waals surface area contributed by atoms with E-state index in [2.05, 4.69) is 0 Å². The van der Waals surface area contributed by atoms with Crippen LogP contribution in [0.4, 0.5) is 0 Å². The molecule has 130 valence electrons. The van der Waals surface area contributed by atoms with E-state index in [9.17, 15) is 19.2 Å². The second-order valence-electron chi connectivity index (χ2n) is 5.04. The van der Waals surface area contributed by atoms with Crippen molar-refractivity contribution < 1.29 is 42.9 Å². The van der Waals surface area contributed by atoms with Gasteiger partial charge in [-0.05, 0) is 6.92 Å². The lowest BCUT2D eigenvalue weighted by Crippen LogP contribution is -2.61. The van der Waals surface area contributed by atoms with E-state index in [1.54, 1.807) is 6.92 Å². The van der Waals surface area contributed by atoms with Gasteiger partial charge in [-0.1, -0.05) is 0 Å². The molecule has 9 heteroatoms. The molecule has 1 aliphatic heterocycles. The fraction of sp³-hybridized carbons (Fsp3) is 0.714. The van der Waals surface area contributed by atoms with Crippen molar-refractivity contribution in [2.45, 2.75) is 65.3 Å². The van der Waals surface area contributed by atoms with Gasteiger partial charge < -0.3 is 23.7 Å². The third kappa shape index (κ3) is 5.51. The molecule has 5 atom stereocenters. The molecule has 0 aromatic carbocycles. The van der Waals surface area contributed by atoms with E-state index in [4.69, 9.17) is 23.7 Å². The predicted octanol–water partition coefficient (Wildman–Crippen LogP) is 0.0894. The number of rotatable bonds is 4. The highest BCUT2D eigenvalue weighted by Crippen LogP contribution is 2.29. The first-order valence-corrected chi connectivity index (χ1v) is 6.96. The third-order valence-corrected chi connectivity index (χ3v) is 2.92. The summed E-state index contributed by atoms with van der Waals surface area (Å²) in [6.07, 6.45) is -5.51. The number of hydrogen-bond donors (Lipinski definition) is 0. The first kappa shape index (κ1) is 18.9. The van der Waals surface area contributed by atoms with Crippen molar-refractivity contribution >= 4 is 23.9 Å². The molecule has 0 spiro atoms. The van der Waals surface area contributed by atoms with E-state index >= 15 is 0 Å². The zero-order valence-electron chi connectivity index (χ0n) is 13.6. The van der Waals surface area contributed by atoms with Crippen LogP contribution in [-0.4, -0.2) is 54.6 Å². The van der Waals surface area contributed by atoms with Crippen molar-refractivity contribution in [3.05, 3.63) is 0 Å². The molecule has 0 amide bonds. The van der Waals surface area contributed by atoms with Crippen LogP contribution in [0.3, 0.4) is 0 Å². The first-order valence-electron chi connectivity index (χ1n) is 6.96. The highest BCUT2D eigenvalue weighted by atomic mass is 16.7. The molecule has 0 radical (unpaired) electrons. The summed E-state index contributed by atoms with van der Waals surface area (Å²) in [5.41, 5.74) is 0. The maximum Gasteiger partial charge on any atom is 0.305 e. The van der Waals surface area contributed by atoms with E-state index in [0.717, 1.165) is 20.8 Å². The summed E-state index contributed by atoms with van der Waals surface area (Å²) in [6.45, 7) is 6.16. The van der Waals surface area contributed by atoms with Crippen molar-refractivity contribution in [3.8, 4) is 0 Å². The van der Waals surface area contributed by atoms with E-state index in [1.807, 2.05) is 0 Å². The lowest BCUT2D eigenvalue weighted by molar-refractivity contribution is -0.292. The van der Waals surface area contributed by atoms with Crippen LogP contribution in [0.25, 0.3) is 0 Å². The van der Waals surface area contributed by atoms with Gasteiger partial charge in [0.15, 0.2) is 12.2 Å². The molecule has 1 aliphatic rings. The van der Waals surface area contributed by atoms with Gasteiger partial charge in [0.25, 0.3) is 0 Å². The summed E-state index contributed by atoms with van der Waals surface area (Å²) >= 11 is 0. The standard InChI is InChI=1S/C14H20O9/c1-6-11(20-7(2)15)12(21-8(3)16)13(22-9(4)17)14(19-6)23-10(5)18/h6,11-14H,1-5H3/t6-,11-,12?,13+,14?/m0/s1. The summed E-state index contributed by atoms with van der Waals surface area (Å²) in [7, 11) is 0. The highest BCUT2D eigenvalue weighted by Gasteiger charge is 2.51. The maximum atomic E-state index is 11.4. The van der Waals surface area contributed by atoms with Crippen LogP contribution < -0.4 is 0 Å². The van der Waals surface area contributed by atoms with Crippen LogP contribution in [0.1, 0.15) is 34.6 Å². The Labute approximate surface area is 133 Å². The van der Waals surface area contributed by atoms with Gasteiger partial charge in [-0.15, -0.1) is 0 Å². The molecule has 1 rings (SSSR count). The summed E-state index contributed by atoms with van der Waals surface area (Å²) < 4.78 is 25.7. The van der Waals surface area contributed by atoms with Gasteiger partial charge in [-0.25, -0.2) is 0 Å². The number of carbonyl (C=O) groups is 4. The van der Waals surface area contributed by atoms with Crippen LogP contribution in [0.15, 0.2) is 0 Å². The Morgan fingerprint density at radius 3 is 1.48 bits per heavy atom. The zero-order chi connectivity index (χ0) is 17.7. The highest BCUT2D eigenvalue weighted by molar-refractivity contribution is 5.69. The third-order valence-electron chi connectivity index (χ3n) is 2.92. The second-order valence-corrected chi connectivity index (χ2v) is 5.04.